The lowest BCUT2D eigenvalue weighted by molar-refractivity contribution is 0.00893. The molecule has 0 fully saturated rings. The van der Waals surface area contributed by atoms with Crippen molar-refractivity contribution in [3.8, 4) is 0 Å². The maximum Gasteiger partial charge on any atom is 0.190 e. The Morgan fingerprint density at radius 2 is 2.15 bits per heavy atom. The lowest BCUT2D eigenvalue weighted by Crippen LogP contribution is -2.22. The lowest BCUT2D eigenvalue weighted by atomic mass is 10.0. The van der Waals surface area contributed by atoms with Gasteiger partial charge in [-0.3, -0.25) is 4.79 Å². The van der Waals surface area contributed by atoms with E-state index in [1.54, 1.807) is 35.1 Å². The second-order valence-electron chi connectivity index (χ2n) is 6.07. The quantitative estimate of drug-likeness (QED) is 0.379. The van der Waals surface area contributed by atoms with Crippen molar-refractivity contribution in [1.82, 2.24) is 9.38 Å². The number of aliphatic hydroxyl groups is 2. The first kappa shape index (κ1) is 19.9. The molecule has 0 aliphatic heterocycles. The zero-order valence-corrected chi connectivity index (χ0v) is 16.5. The predicted molar refractivity (Wildman–Crippen MR) is 105 cm³/mol. The molecule has 142 valence electrons. The summed E-state index contributed by atoms with van der Waals surface area (Å²) in [6, 6.07) is 8.40. The third-order valence-electron chi connectivity index (χ3n) is 4.12. The van der Waals surface area contributed by atoms with Gasteiger partial charge >= 0.3 is 0 Å². The van der Waals surface area contributed by atoms with E-state index < -0.39 is 12.7 Å². The Hall–Kier alpha value is -1.88. The van der Waals surface area contributed by atoms with Crippen molar-refractivity contribution in [3.05, 3.63) is 69.1 Å². The number of ketones is 1. The molecule has 0 saturated carbocycles. The smallest absolute Gasteiger partial charge is 0.190 e. The van der Waals surface area contributed by atoms with Gasteiger partial charge in [0.15, 0.2) is 5.78 Å². The first-order valence-electron chi connectivity index (χ1n) is 8.27. The minimum Gasteiger partial charge on any atom is -0.394 e. The largest absolute Gasteiger partial charge is 0.394 e. The molecule has 0 bridgehead atoms. The number of halogens is 2. The number of ether oxygens (including phenoxy) is 1. The molecule has 0 radical (unpaired) electrons. The van der Waals surface area contributed by atoms with Crippen molar-refractivity contribution < 1.29 is 24.1 Å². The number of Topliss-reactive ketones (excluding diaryl/α,β-unsaturated/α-hetero) is 1. The first-order chi connectivity index (χ1) is 13.0. The molecule has 0 aliphatic carbocycles. The molecule has 0 aliphatic rings. The van der Waals surface area contributed by atoms with Gasteiger partial charge in [-0.15, -0.1) is 0 Å². The van der Waals surface area contributed by atoms with Crippen molar-refractivity contribution in [1.29, 1.82) is 0 Å². The minimum atomic E-state index is -1.03. The van der Waals surface area contributed by atoms with E-state index in [1.807, 2.05) is 28.7 Å². The van der Waals surface area contributed by atoms with Gasteiger partial charge in [0.2, 0.25) is 0 Å². The number of benzene rings is 1. The normalized spacial score (nSPS) is 12.4. The van der Waals surface area contributed by atoms with Crippen molar-refractivity contribution in [2.45, 2.75) is 12.5 Å². The highest BCUT2D eigenvalue weighted by Crippen LogP contribution is 2.21. The maximum atomic E-state index is 14.3. The van der Waals surface area contributed by atoms with E-state index in [1.165, 1.54) is 6.07 Å². The van der Waals surface area contributed by atoms with E-state index in [-0.39, 0.29) is 31.2 Å². The number of carbonyl (C=O) groups excluding carboxylic acids is 1. The van der Waals surface area contributed by atoms with Crippen LogP contribution in [0.1, 0.15) is 21.6 Å². The number of hydrogen-bond donors (Lipinski definition) is 2. The molecule has 2 heterocycles. The van der Waals surface area contributed by atoms with Crippen LogP contribution in [-0.4, -0.2) is 51.3 Å². The van der Waals surface area contributed by atoms with E-state index in [9.17, 15) is 14.3 Å². The van der Waals surface area contributed by atoms with E-state index in [0.717, 1.165) is 9.09 Å². The first-order valence-corrected chi connectivity index (χ1v) is 9.35. The molecule has 0 saturated heterocycles. The van der Waals surface area contributed by atoms with Crippen LogP contribution in [0.2, 0.25) is 0 Å². The fourth-order valence-corrected chi connectivity index (χ4v) is 3.20. The second-order valence-corrected chi connectivity index (χ2v) is 7.32. The fraction of sp³-hybridized carbons (Fsp3) is 0.263. The van der Waals surface area contributed by atoms with E-state index in [0.29, 0.717) is 16.8 Å². The maximum absolute atomic E-state index is 14.3. The summed E-state index contributed by atoms with van der Waals surface area (Å²) in [4.78, 5) is 16.7. The third-order valence-corrected chi connectivity index (χ3v) is 4.79. The molecule has 3 rings (SSSR count). The van der Waals surface area contributed by atoms with Gasteiger partial charge in [0.25, 0.3) is 0 Å². The Morgan fingerprint density at radius 1 is 1.33 bits per heavy atom. The summed E-state index contributed by atoms with van der Waals surface area (Å²) < 4.78 is 22.1. The molecule has 6 nitrogen and oxygen atoms in total. The molecule has 0 unspecified atom stereocenters. The second kappa shape index (κ2) is 8.87. The Kier molecular flexibility index (Phi) is 6.53. The summed E-state index contributed by atoms with van der Waals surface area (Å²) >= 11 is 2.04. The van der Waals surface area contributed by atoms with Gasteiger partial charge in [-0.2, -0.15) is 0 Å². The van der Waals surface area contributed by atoms with Crippen molar-refractivity contribution in [2.75, 3.05) is 19.8 Å². The van der Waals surface area contributed by atoms with Crippen LogP contribution in [0.5, 0.6) is 0 Å². The predicted octanol–water partition coefficient (Wildman–Crippen LogP) is 2.22. The highest BCUT2D eigenvalue weighted by molar-refractivity contribution is 14.1. The fourth-order valence-electron chi connectivity index (χ4n) is 2.75. The molecule has 0 amide bonds. The van der Waals surface area contributed by atoms with Crippen LogP contribution >= 0.6 is 22.6 Å². The number of fused-ring (bicyclic) bond motifs is 1. The highest BCUT2D eigenvalue weighted by Gasteiger charge is 2.17. The highest BCUT2D eigenvalue weighted by atomic mass is 127. The average Bonchev–Trinajstić information content (AvgIpc) is 3.12. The van der Waals surface area contributed by atoms with Crippen LogP contribution in [-0.2, 0) is 11.2 Å². The molecule has 1 atom stereocenters. The molecular weight excluding hydrogens is 466 g/mol. The molecule has 2 N–H and O–H groups in total. The van der Waals surface area contributed by atoms with Gasteiger partial charge in [0.1, 0.15) is 18.5 Å². The van der Waals surface area contributed by atoms with Crippen molar-refractivity contribution in [3.63, 3.8) is 0 Å². The Morgan fingerprint density at radius 3 is 2.89 bits per heavy atom. The van der Waals surface area contributed by atoms with Crippen LogP contribution in [0.25, 0.3) is 5.52 Å². The standard InChI is InChI=1S/C19H18FIN2O4/c20-17-6-13(21)2-1-12(17)5-18-16(4-3-14-7-22-11-23(14)18)19(26)10-27-9-15(25)8-24/h1-4,6-7,11,15,24-25H,5,8-10H2/t15-/m1/s1. The van der Waals surface area contributed by atoms with Crippen molar-refractivity contribution >= 4 is 33.9 Å². The number of rotatable bonds is 8. The zero-order valence-electron chi connectivity index (χ0n) is 14.3. The van der Waals surface area contributed by atoms with Crippen LogP contribution in [0.15, 0.2) is 42.9 Å². The Labute approximate surface area is 168 Å². The van der Waals surface area contributed by atoms with Crippen molar-refractivity contribution in [2.24, 2.45) is 0 Å². The summed E-state index contributed by atoms with van der Waals surface area (Å²) in [5, 5.41) is 18.1. The van der Waals surface area contributed by atoms with Gasteiger partial charge in [0.05, 0.1) is 31.3 Å². The van der Waals surface area contributed by atoms with E-state index in [2.05, 4.69) is 4.98 Å². The molecule has 3 aromatic rings. The van der Waals surface area contributed by atoms with Gasteiger partial charge in [-0.1, -0.05) is 6.07 Å². The summed E-state index contributed by atoms with van der Waals surface area (Å²) in [7, 11) is 0. The summed E-state index contributed by atoms with van der Waals surface area (Å²) in [6.07, 6.45) is 2.43. The molecular formula is C19H18FIN2O4. The zero-order chi connectivity index (χ0) is 19.4. The number of pyridine rings is 1. The summed E-state index contributed by atoms with van der Waals surface area (Å²) in [5.41, 5.74) is 2.28. The van der Waals surface area contributed by atoms with E-state index in [4.69, 9.17) is 9.84 Å². The van der Waals surface area contributed by atoms with Gasteiger partial charge < -0.3 is 19.4 Å². The molecule has 2 aromatic heterocycles. The van der Waals surface area contributed by atoms with Crippen LogP contribution in [0.3, 0.4) is 0 Å². The third kappa shape index (κ3) is 4.70. The van der Waals surface area contributed by atoms with E-state index >= 15 is 0 Å². The number of carbonyl (C=O) groups is 1. The number of aromatic nitrogens is 2. The monoisotopic (exact) mass is 484 g/mol. The number of aliphatic hydroxyl groups excluding tert-OH is 2. The summed E-state index contributed by atoms with van der Waals surface area (Å²) in [6.45, 7) is -0.831. The number of nitrogens with zero attached hydrogens (tertiary/aromatic N) is 2. The average molecular weight is 484 g/mol. The van der Waals surface area contributed by atoms with Crippen LogP contribution in [0, 0.1) is 9.39 Å². The van der Waals surface area contributed by atoms with Crippen LogP contribution in [0.4, 0.5) is 4.39 Å². The minimum absolute atomic E-state index is 0.142. The Bertz CT molecular complexity index is 960. The van der Waals surface area contributed by atoms with Crippen LogP contribution < -0.4 is 0 Å². The number of imidazole rings is 1. The molecule has 8 heteroatoms. The molecule has 27 heavy (non-hydrogen) atoms. The van der Waals surface area contributed by atoms with Gasteiger partial charge in [-0.05, 0) is 52.4 Å². The lowest BCUT2D eigenvalue weighted by Gasteiger charge is -2.13. The summed E-state index contributed by atoms with van der Waals surface area (Å²) in [5.74, 6) is -0.628. The topological polar surface area (TPSA) is 84.1 Å². The molecule has 1 aromatic carbocycles. The SMILES string of the molecule is O=C(COC[C@H](O)CO)c1ccc2cncn2c1Cc1ccc(I)cc1F. The number of hydrogen-bond acceptors (Lipinski definition) is 5. The van der Waals surface area contributed by atoms with Gasteiger partial charge in [0, 0.05) is 21.2 Å². The Balaban J connectivity index is 1.91. The van der Waals surface area contributed by atoms with Gasteiger partial charge in [-0.25, -0.2) is 9.37 Å². The molecule has 0 spiro atoms.